The Morgan fingerprint density at radius 2 is 2.05 bits per heavy atom. The van der Waals surface area contributed by atoms with Gasteiger partial charge in [0, 0.05) is 26.4 Å². The maximum atomic E-state index is 13.4. The Kier molecular flexibility index (Phi) is 4.82. The smallest absolute Gasteiger partial charge is 0.319 e. The van der Waals surface area contributed by atoms with Gasteiger partial charge in [0.05, 0.1) is 12.2 Å². The maximum Gasteiger partial charge on any atom is 0.319 e. The van der Waals surface area contributed by atoms with Gasteiger partial charge in [-0.2, -0.15) is 0 Å². The van der Waals surface area contributed by atoms with Gasteiger partial charge >= 0.3 is 6.03 Å². The third-order valence-electron chi connectivity index (χ3n) is 2.74. The van der Waals surface area contributed by atoms with E-state index in [-0.39, 0.29) is 12.2 Å². The van der Waals surface area contributed by atoms with Crippen molar-refractivity contribution in [3.63, 3.8) is 0 Å². The molecule has 2 amide bonds. The second kappa shape index (κ2) is 6.79. The van der Waals surface area contributed by atoms with Crippen LogP contribution in [0, 0.1) is 11.6 Å². The predicted molar refractivity (Wildman–Crippen MR) is 78.6 cm³/mol. The average molecular weight is 307 g/mol. The van der Waals surface area contributed by atoms with E-state index in [1.807, 2.05) is 14.1 Å². The van der Waals surface area contributed by atoms with E-state index in [4.69, 9.17) is 0 Å². The van der Waals surface area contributed by atoms with E-state index >= 15 is 0 Å². The Morgan fingerprint density at radius 3 is 2.73 bits per heavy atom. The van der Waals surface area contributed by atoms with Gasteiger partial charge in [-0.05, 0) is 18.2 Å². The molecule has 0 aliphatic rings. The number of amides is 2. The summed E-state index contributed by atoms with van der Waals surface area (Å²) in [6.45, 7) is 0.0797. The van der Waals surface area contributed by atoms with Crippen molar-refractivity contribution in [3.8, 4) is 0 Å². The van der Waals surface area contributed by atoms with Crippen molar-refractivity contribution in [2.75, 3.05) is 24.3 Å². The molecule has 0 aliphatic heterocycles. The lowest BCUT2D eigenvalue weighted by atomic mass is 10.3. The number of aromatic nitrogens is 2. The fourth-order valence-corrected chi connectivity index (χ4v) is 1.64. The molecule has 0 aliphatic carbocycles. The van der Waals surface area contributed by atoms with Crippen molar-refractivity contribution in [1.82, 2.24) is 15.3 Å². The SMILES string of the molecule is CN(C)c1ccnc(CNC(=O)Nc2ccc(F)cc2F)n1. The highest BCUT2D eigenvalue weighted by molar-refractivity contribution is 5.89. The normalized spacial score (nSPS) is 10.2. The van der Waals surface area contributed by atoms with E-state index in [1.54, 1.807) is 17.2 Å². The van der Waals surface area contributed by atoms with E-state index in [2.05, 4.69) is 20.6 Å². The summed E-state index contributed by atoms with van der Waals surface area (Å²) in [6.07, 6.45) is 1.58. The molecule has 0 saturated carbocycles. The van der Waals surface area contributed by atoms with Crippen LogP contribution in [-0.2, 0) is 6.54 Å². The van der Waals surface area contributed by atoms with Crippen LogP contribution in [0.25, 0.3) is 0 Å². The van der Waals surface area contributed by atoms with Gasteiger partial charge in [0.1, 0.15) is 23.3 Å². The molecule has 0 radical (unpaired) electrons. The van der Waals surface area contributed by atoms with Gasteiger partial charge in [-0.25, -0.2) is 23.5 Å². The molecule has 6 nitrogen and oxygen atoms in total. The first kappa shape index (κ1) is 15.6. The summed E-state index contributed by atoms with van der Waals surface area (Å²) in [5.41, 5.74) is -0.109. The number of rotatable bonds is 4. The molecule has 0 saturated heterocycles. The lowest BCUT2D eigenvalue weighted by molar-refractivity contribution is 0.251. The molecule has 2 rings (SSSR count). The molecule has 0 spiro atoms. The standard InChI is InChI=1S/C14H15F2N5O/c1-21(2)13-5-6-17-12(20-13)8-18-14(22)19-11-4-3-9(15)7-10(11)16/h3-7H,8H2,1-2H3,(H2,18,19,22). The number of urea groups is 1. The van der Waals surface area contributed by atoms with E-state index in [0.29, 0.717) is 17.7 Å². The summed E-state index contributed by atoms with van der Waals surface area (Å²) in [6, 6.07) is 4.00. The van der Waals surface area contributed by atoms with Crippen molar-refractivity contribution >= 4 is 17.5 Å². The zero-order valence-electron chi connectivity index (χ0n) is 12.1. The number of benzene rings is 1. The van der Waals surface area contributed by atoms with Crippen LogP contribution in [0.15, 0.2) is 30.5 Å². The maximum absolute atomic E-state index is 13.4. The number of anilines is 2. The topological polar surface area (TPSA) is 70.2 Å². The first-order valence-corrected chi connectivity index (χ1v) is 6.45. The van der Waals surface area contributed by atoms with Crippen LogP contribution in [0.3, 0.4) is 0 Å². The molecule has 22 heavy (non-hydrogen) atoms. The first-order valence-electron chi connectivity index (χ1n) is 6.45. The number of carbonyl (C=O) groups excluding carboxylic acids is 1. The van der Waals surface area contributed by atoms with Crippen molar-refractivity contribution in [2.45, 2.75) is 6.54 Å². The van der Waals surface area contributed by atoms with Gasteiger partial charge in [0.25, 0.3) is 0 Å². The summed E-state index contributed by atoms with van der Waals surface area (Å²) >= 11 is 0. The van der Waals surface area contributed by atoms with Crippen LogP contribution < -0.4 is 15.5 Å². The van der Waals surface area contributed by atoms with E-state index in [1.165, 1.54) is 0 Å². The molecular weight excluding hydrogens is 292 g/mol. The number of nitrogens with one attached hydrogen (secondary N) is 2. The molecule has 2 aromatic rings. The van der Waals surface area contributed by atoms with Crippen LogP contribution in [0.1, 0.15) is 5.82 Å². The molecule has 1 aromatic carbocycles. The van der Waals surface area contributed by atoms with Gasteiger partial charge in [-0.15, -0.1) is 0 Å². The fraction of sp³-hybridized carbons (Fsp3) is 0.214. The number of nitrogens with zero attached hydrogens (tertiary/aromatic N) is 3. The van der Waals surface area contributed by atoms with Crippen LogP contribution in [0.4, 0.5) is 25.1 Å². The molecule has 1 heterocycles. The molecule has 0 unspecified atom stereocenters. The summed E-state index contributed by atoms with van der Waals surface area (Å²) in [4.78, 5) is 21.8. The third-order valence-corrected chi connectivity index (χ3v) is 2.74. The molecule has 8 heteroatoms. The minimum atomic E-state index is -0.846. The molecule has 2 N–H and O–H groups in total. The second-order valence-corrected chi connectivity index (χ2v) is 4.66. The summed E-state index contributed by atoms with van der Waals surface area (Å²) in [7, 11) is 3.67. The Labute approximate surface area is 126 Å². The van der Waals surface area contributed by atoms with Gasteiger partial charge in [0.2, 0.25) is 0 Å². The van der Waals surface area contributed by atoms with Gasteiger partial charge < -0.3 is 15.5 Å². The average Bonchev–Trinajstić information content (AvgIpc) is 2.48. The zero-order chi connectivity index (χ0) is 16.1. The Hall–Kier alpha value is -2.77. The van der Waals surface area contributed by atoms with Crippen LogP contribution in [-0.4, -0.2) is 30.1 Å². The summed E-state index contributed by atoms with van der Waals surface area (Å²) < 4.78 is 26.2. The monoisotopic (exact) mass is 307 g/mol. The van der Waals surface area contributed by atoms with Crippen LogP contribution in [0.5, 0.6) is 0 Å². The minimum absolute atomic E-state index is 0.0797. The fourth-order valence-electron chi connectivity index (χ4n) is 1.64. The van der Waals surface area contributed by atoms with Crippen molar-refractivity contribution in [2.24, 2.45) is 0 Å². The van der Waals surface area contributed by atoms with Crippen LogP contribution in [0.2, 0.25) is 0 Å². The lowest BCUT2D eigenvalue weighted by Crippen LogP contribution is -2.29. The lowest BCUT2D eigenvalue weighted by Gasteiger charge is -2.12. The number of hydrogen-bond acceptors (Lipinski definition) is 4. The van der Waals surface area contributed by atoms with E-state index in [9.17, 15) is 13.6 Å². The Balaban J connectivity index is 1.94. The van der Waals surface area contributed by atoms with Crippen LogP contribution >= 0.6 is 0 Å². The van der Waals surface area contributed by atoms with Crippen molar-refractivity contribution in [3.05, 3.63) is 47.9 Å². The van der Waals surface area contributed by atoms with Gasteiger partial charge in [-0.1, -0.05) is 0 Å². The summed E-state index contributed by atoms with van der Waals surface area (Å²) in [5, 5.41) is 4.79. The summed E-state index contributed by atoms with van der Waals surface area (Å²) in [5.74, 6) is -0.434. The molecule has 116 valence electrons. The highest BCUT2D eigenvalue weighted by Gasteiger charge is 2.08. The Bertz CT molecular complexity index is 678. The Morgan fingerprint density at radius 1 is 1.27 bits per heavy atom. The predicted octanol–water partition coefficient (Wildman–Crippen LogP) is 2.14. The van der Waals surface area contributed by atoms with Crippen molar-refractivity contribution < 1.29 is 13.6 Å². The zero-order valence-corrected chi connectivity index (χ0v) is 12.1. The highest BCUT2D eigenvalue weighted by atomic mass is 19.1. The second-order valence-electron chi connectivity index (χ2n) is 4.66. The van der Waals surface area contributed by atoms with Gasteiger partial charge in [0.15, 0.2) is 0 Å². The highest BCUT2D eigenvalue weighted by Crippen LogP contribution is 2.14. The van der Waals surface area contributed by atoms with E-state index in [0.717, 1.165) is 12.1 Å². The first-order chi connectivity index (χ1) is 10.5. The molecular formula is C14H15F2N5O. The molecule has 0 bridgehead atoms. The van der Waals surface area contributed by atoms with E-state index < -0.39 is 17.7 Å². The molecule has 0 fully saturated rings. The van der Waals surface area contributed by atoms with Gasteiger partial charge in [-0.3, -0.25) is 0 Å². The van der Waals surface area contributed by atoms with Crippen molar-refractivity contribution in [1.29, 1.82) is 0 Å². The quantitative estimate of drug-likeness (QED) is 0.908. The molecule has 0 atom stereocenters. The number of hydrogen-bond donors (Lipinski definition) is 2. The minimum Gasteiger partial charge on any atom is -0.363 e. The largest absolute Gasteiger partial charge is 0.363 e. The molecule has 1 aromatic heterocycles. The third kappa shape index (κ3) is 4.11. The number of halogens is 2. The number of carbonyl (C=O) groups is 1.